The van der Waals surface area contributed by atoms with E-state index >= 15 is 0 Å². The number of carbonyl (C=O) groups is 1. The lowest BCUT2D eigenvalue weighted by atomic mass is 10.1. The van der Waals surface area contributed by atoms with Gasteiger partial charge in [0.15, 0.2) is 0 Å². The van der Waals surface area contributed by atoms with Crippen LogP contribution in [0.15, 0.2) is 48.5 Å². The molecule has 0 saturated heterocycles. The molecular formula is C19H24N2O2. The molecule has 0 atom stereocenters. The molecule has 2 N–H and O–H groups in total. The van der Waals surface area contributed by atoms with E-state index in [0.29, 0.717) is 26.1 Å². The van der Waals surface area contributed by atoms with Gasteiger partial charge in [0, 0.05) is 19.5 Å². The largest absolute Gasteiger partial charge is 0.492 e. The fraction of sp³-hybridized carbons (Fsp3) is 0.316. The standard InChI is InChI=1S/C19H24N2O2/c1-3-23-18-10-5-4-9-17(18)20-12-11-19(22)21-14-16-8-6-7-15(2)13-16/h4-10,13,20H,3,11-12,14H2,1-2H3,(H,21,22). The summed E-state index contributed by atoms with van der Waals surface area (Å²) < 4.78 is 5.55. The van der Waals surface area contributed by atoms with E-state index in [1.54, 1.807) is 0 Å². The molecule has 1 amide bonds. The summed E-state index contributed by atoms with van der Waals surface area (Å²) >= 11 is 0. The number of benzene rings is 2. The van der Waals surface area contributed by atoms with Crippen LogP contribution in [0.2, 0.25) is 0 Å². The Morgan fingerprint density at radius 3 is 2.74 bits per heavy atom. The van der Waals surface area contributed by atoms with Gasteiger partial charge in [0.05, 0.1) is 12.3 Å². The Balaban J connectivity index is 1.75. The summed E-state index contributed by atoms with van der Waals surface area (Å²) in [6.07, 6.45) is 0.423. The fourth-order valence-corrected chi connectivity index (χ4v) is 2.32. The second-order valence-corrected chi connectivity index (χ2v) is 5.37. The summed E-state index contributed by atoms with van der Waals surface area (Å²) in [6.45, 7) is 5.76. The van der Waals surface area contributed by atoms with Gasteiger partial charge in [-0.05, 0) is 31.5 Å². The highest BCUT2D eigenvalue weighted by atomic mass is 16.5. The van der Waals surface area contributed by atoms with Gasteiger partial charge >= 0.3 is 0 Å². The van der Waals surface area contributed by atoms with E-state index in [1.807, 2.05) is 56.3 Å². The van der Waals surface area contributed by atoms with Crippen molar-refractivity contribution in [2.45, 2.75) is 26.8 Å². The van der Waals surface area contributed by atoms with Crippen LogP contribution >= 0.6 is 0 Å². The second kappa shape index (κ2) is 8.83. The first-order valence-corrected chi connectivity index (χ1v) is 7.97. The van der Waals surface area contributed by atoms with Gasteiger partial charge in [-0.15, -0.1) is 0 Å². The Hall–Kier alpha value is -2.49. The van der Waals surface area contributed by atoms with Gasteiger partial charge in [0.2, 0.25) is 5.91 Å². The molecule has 2 rings (SSSR count). The SMILES string of the molecule is CCOc1ccccc1NCCC(=O)NCc1cccc(C)c1. The Morgan fingerprint density at radius 2 is 1.96 bits per heavy atom. The lowest BCUT2D eigenvalue weighted by Crippen LogP contribution is -2.24. The Labute approximate surface area is 137 Å². The first-order valence-electron chi connectivity index (χ1n) is 7.97. The van der Waals surface area contributed by atoms with Gasteiger partial charge in [0.1, 0.15) is 5.75 Å². The van der Waals surface area contributed by atoms with Crippen LogP contribution in [0.5, 0.6) is 5.75 Å². The van der Waals surface area contributed by atoms with E-state index < -0.39 is 0 Å². The van der Waals surface area contributed by atoms with E-state index in [4.69, 9.17) is 4.74 Å². The van der Waals surface area contributed by atoms with Crippen LogP contribution in [0.3, 0.4) is 0 Å². The molecule has 4 heteroatoms. The van der Waals surface area contributed by atoms with E-state index in [-0.39, 0.29) is 5.91 Å². The number of para-hydroxylation sites is 2. The third kappa shape index (κ3) is 5.66. The average molecular weight is 312 g/mol. The molecule has 0 aliphatic rings. The predicted octanol–water partition coefficient (Wildman–Crippen LogP) is 3.51. The third-order valence-corrected chi connectivity index (χ3v) is 3.43. The number of amides is 1. The van der Waals surface area contributed by atoms with Gasteiger partial charge in [-0.1, -0.05) is 42.0 Å². The zero-order valence-corrected chi connectivity index (χ0v) is 13.8. The second-order valence-electron chi connectivity index (χ2n) is 5.37. The first kappa shape index (κ1) is 16.9. The number of anilines is 1. The molecule has 0 radical (unpaired) electrons. The Kier molecular flexibility index (Phi) is 6.48. The van der Waals surface area contributed by atoms with Crippen LogP contribution in [0, 0.1) is 6.92 Å². The molecule has 0 aliphatic heterocycles. The van der Waals surface area contributed by atoms with Gasteiger partial charge in [-0.2, -0.15) is 0 Å². The molecule has 0 fully saturated rings. The number of carbonyl (C=O) groups excluding carboxylic acids is 1. The summed E-state index contributed by atoms with van der Waals surface area (Å²) in [6, 6.07) is 15.9. The summed E-state index contributed by atoms with van der Waals surface area (Å²) in [5.74, 6) is 0.850. The maximum Gasteiger partial charge on any atom is 0.222 e. The molecule has 2 aromatic carbocycles. The Morgan fingerprint density at radius 1 is 1.13 bits per heavy atom. The van der Waals surface area contributed by atoms with Crippen LogP contribution in [-0.4, -0.2) is 19.1 Å². The quantitative estimate of drug-likeness (QED) is 0.784. The van der Waals surface area contributed by atoms with Crippen molar-refractivity contribution in [3.63, 3.8) is 0 Å². The van der Waals surface area contributed by atoms with Crippen molar-refractivity contribution in [1.82, 2.24) is 5.32 Å². The fourth-order valence-electron chi connectivity index (χ4n) is 2.32. The monoisotopic (exact) mass is 312 g/mol. The molecular weight excluding hydrogens is 288 g/mol. The van der Waals surface area contributed by atoms with E-state index in [1.165, 1.54) is 5.56 Å². The number of nitrogens with one attached hydrogen (secondary N) is 2. The minimum atomic E-state index is 0.0351. The molecule has 0 bridgehead atoms. The summed E-state index contributed by atoms with van der Waals surface area (Å²) in [5.41, 5.74) is 3.24. The molecule has 0 spiro atoms. The Bertz CT molecular complexity index is 641. The molecule has 4 nitrogen and oxygen atoms in total. The van der Waals surface area contributed by atoms with E-state index in [0.717, 1.165) is 17.0 Å². The van der Waals surface area contributed by atoms with Gasteiger partial charge < -0.3 is 15.4 Å². The summed E-state index contributed by atoms with van der Waals surface area (Å²) in [5, 5.41) is 6.19. The average Bonchev–Trinajstić information content (AvgIpc) is 2.55. The highest BCUT2D eigenvalue weighted by molar-refractivity contribution is 5.76. The predicted molar refractivity (Wildman–Crippen MR) is 93.7 cm³/mol. The molecule has 2 aromatic rings. The smallest absolute Gasteiger partial charge is 0.222 e. The van der Waals surface area contributed by atoms with Crippen molar-refractivity contribution in [2.75, 3.05) is 18.5 Å². The zero-order valence-electron chi connectivity index (χ0n) is 13.8. The molecule has 0 aliphatic carbocycles. The summed E-state index contributed by atoms with van der Waals surface area (Å²) in [4.78, 5) is 11.9. The molecule has 122 valence electrons. The molecule has 23 heavy (non-hydrogen) atoms. The first-order chi connectivity index (χ1) is 11.2. The highest BCUT2D eigenvalue weighted by Crippen LogP contribution is 2.23. The van der Waals surface area contributed by atoms with Crippen molar-refractivity contribution < 1.29 is 9.53 Å². The minimum absolute atomic E-state index is 0.0351. The van der Waals surface area contributed by atoms with Crippen LogP contribution < -0.4 is 15.4 Å². The molecule has 0 unspecified atom stereocenters. The molecule has 0 heterocycles. The number of hydrogen-bond donors (Lipinski definition) is 2. The van der Waals surface area contributed by atoms with Crippen LogP contribution in [-0.2, 0) is 11.3 Å². The topological polar surface area (TPSA) is 50.4 Å². The number of rotatable bonds is 8. The van der Waals surface area contributed by atoms with Crippen LogP contribution in [0.1, 0.15) is 24.5 Å². The molecule has 0 aromatic heterocycles. The summed E-state index contributed by atoms with van der Waals surface area (Å²) in [7, 11) is 0. The highest BCUT2D eigenvalue weighted by Gasteiger charge is 2.04. The van der Waals surface area contributed by atoms with E-state index in [2.05, 4.69) is 16.7 Å². The van der Waals surface area contributed by atoms with Crippen molar-refractivity contribution in [3.8, 4) is 5.75 Å². The van der Waals surface area contributed by atoms with Crippen molar-refractivity contribution >= 4 is 11.6 Å². The van der Waals surface area contributed by atoms with Gasteiger partial charge in [-0.25, -0.2) is 0 Å². The molecule has 0 saturated carbocycles. The normalized spacial score (nSPS) is 10.2. The maximum absolute atomic E-state index is 11.9. The lowest BCUT2D eigenvalue weighted by molar-refractivity contribution is -0.121. The lowest BCUT2D eigenvalue weighted by Gasteiger charge is -2.12. The van der Waals surface area contributed by atoms with Gasteiger partial charge in [0.25, 0.3) is 0 Å². The number of aryl methyl sites for hydroxylation is 1. The van der Waals surface area contributed by atoms with Crippen molar-refractivity contribution in [2.24, 2.45) is 0 Å². The minimum Gasteiger partial charge on any atom is -0.492 e. The van der Waals surface area contributed by atoms with Gasteiger partial charge in [-0.3, -0.25) is 4.79 Å². The van der Waals surface area contributed by atoms with Crippen molar-refractivity contribution in [1.29, 1.82) is 0 Å². The van der Waals surface area contributed by atoms with Crippen LogP contribution in [0.4, 0.5) is 5.69 Å². The van der Waals surface area contributed by atoms with E-state index in [9.17, 15) is 4.79 Å². The third-order valence-electron chi connectivity index (χ3n) is 3.43. The van der Waals surface area contributed by atoms with Crippen molar-refractivity contribution in [3.05, 3.63) is 59.7 Å². The number of ether oxygens (including phenoxy) is 1. The zero-order chi connectivity index (χ0) is 16.5. The van der Waals surface area contributed by atoms with Crippen LogP contribution in [0.25, 0.3) is 0 Å². The number of hydrogen-bond acceptors (Lipinski definition) is 3. The maximum atomic E-state index is 11.9.